The normalized spacial score (nSPS) is 19.9. The molecule has 16 heavy (non-hydrogen) atoms. The zero-order chi connectivity index (χ0) is 11.4. The van der Waals surface area contributed by atoms with Gasteiger partial charge in [0.2, 0.25) is 0 Å². The van der Waals surface area contributed by atoms with E-state index in [1.54, 1.807) is 6.33 Å². The molecule has 0 unspecified atom stereocenters. The molecule has 1 heterocycles. The molecule has 1 fully saturated rings. The van der Waals surface area contributed by atoms with Crippen molar-refractivity contribution >= 4 is 0 Å². The van der Waals surface area contributed by atoms with Crippen molar-refractivity contribution in [1.29, 1.82) is 0 Å². The van der Waals surface area contributed by atoms with Crippen molar-refractivity contribution in [2.45, 2.75) is 64.0 Å². The van der Waals surface area contributed by atoms with E-state index in [1.807, 2.05) is 4.68 Å². The maximum Gasteiger partial charge on any atom is 0.138 e. The summed E-state index contributed by atoms with van der Waals surface area (Å²) in [7, 11) is 0. The van der Waals surface area contributed by atoms with Crippen molar-refractivity contribution in [2.75, 3.05) is 0 Å². The predicted molar refractivity (Wildman–Crippen MR) is 62.1 cm³/mol. The van der Waals surface area contributed by atoms with E-state index in [-0.39, 0.29) is 0 Å². The highest BCUT2D eigenvalue weighted by Gasteiger charge is 2.30. The van der Waals surface area contributed by atoms with E-state index in [4.69, 9.17) is 0 Å². The standard InChI is InChI=1S/C12H21N3O/c1-2-8-15-11(13-10-14-15)9-12(16)6-4-3-5-7-12/h10,16H,2-9H2,1H3. The van der Waals surface area contributed by atoms with E-state index < -0.39 is 5.60 Å². The molecule has 0 aromatic carbocycles. The quantitative estimate of drug-likeness (QED) is 0.848. The molecule has 90 valence electrons. The molecule has 1 aromatic rings. The maximum atomic E-state index is 10.5. The third-order valence-electron chi connectivity index (χ3n) is 3.40. The van der Waals surface area contributed by atoms with Gasteiger partial charge in [0.05, 0.1) is 5.60 Å². The molecular weight excluding hydrogens is 202 g/mol. The fraction of sp³-hybridized carbons (Fsp3) is 0.833. The monoisotopic (exact) mass is 223 g/mol. The van der Waals surface area contributed by atoms with E-state index in [0.717, 1.165) is 44.5 Å². The Hall–Kier alpha value is -0.900. The highest BCUT2D eigenvalue weighted by Crippen LogP contribution is 2.30. The van der Waals surface area contributed by atoms with Gasteiger partial charge in [-0.2, -0.15) is 5.10 Å². The molecule has 0 spiro atoms. The first-order valence-corrected chi connectivity index (χ1v) is 6.32. The largest absolute Gasteiger partial charge is 0.389 e. The molecule has 1 aliphatic carbocycles. The molecule has 0 saturated heterocycles. The Bertz CT molecular complexity index is 329. The lowest BCUT2D eigenvalue weighted by Crippen LogP contribution is -2.35. The first kappa shape index (κ1) is 11.6. The van der Waals surface area contributed by atoms with Gasteiger partial charge in [0.1, 0.15) is 12.2 Å². The Morgan fingerprint density at radius 2 is 2.12 bits per heavy atom. The number of hydrogen-bond acceptors (Lipinski definition) is 3. The van der Waals surface area contributed by atoms with E-state index in [1.165, 1.54) is 6.42 Å². The van der Waals surface area contributed by atoms with Crippen LogP contribution in [0.15, 0.2) is 6.33 Å². The van der Waals surface area contributed by atoms with Crippen LogP contribution in [0.5, 0.6) is 0 Å². The van der Waals surface area contributed by atoms with Gasteiger partial charge in [-0.1, -0.05) is 26.2 Å². The van der Waals surface area contributed by atoms with Crippen LogP contribution in [0.2, 0.25) is 0 Å². The average molecular weight is 223 g/mol. The minimum absolute atomic E-state index is 0.531. The van der Waals surface area contributed by atoms with E-state index >= 15 is 0 Å². The highest BCUT2D eigenvalue weighted by molar-refractivity contribution is 4.96. The van der Waals surface area contributed by atoms with Crippen molar-refractivity contribution in [1.82, 2.24) is 14.8 Å². The third kappa shape index (κ3) is 2.61. The van der Waals surface area contributed by atoms with Gasteiger partial charge in [0.25, 0.3) is 0 Å². The number of nitrogens with zero attached hydrogens (tertiary/aromatic N) is 3. The lowest BCUT2D eigenvalue weighted by atomic mass is 9.82. The summed E-state index contributed by atoms with van der Waals surface area (Å²) in [6.45, 7) is 3.02. The Morgan fingerprint density at radius 3 is 2.81 bits per heavy atom. The van der Waals surface area contributed by atoms with Gasteiger partial charge >= 0.3 is 0 Å². The number of hydrogen-bond donors (Lipinski definition) is 1. The van der Waals surface area contributed by atoms with Crippen LogP contribution in [-0.4, -0.2) is 25.5 Å². The summed E-state index contributed by atoms with van der Waals surface area (Å²) in [5.74, 6) is 0.936. The van der Waals surface area contributed by atoms with Crippen LogP contribution in [0.1, 0.15) is 51.3 Å². The summed E-state index contributed by atoms with van der Waals surface area (Å²) in [5, 5.41) is 14.7. The first-order valence-electron chi connectivity index (χ1n) is 6.32. The third-order valence-corrected chi connectivity index (χ3v) is 3.40. The van der Waals surface area contributed by atoms with Gasteiger partial charge in [-0.25, -0.2) is 4.98 Å². The van der Waals surface area contributed by atoms with E-state index in [9.17, 15) is 5.11 Å². The van der Waals surface area contributed by atoms with Crippen LogP contribution >= 0.6 is 0 Å². The summed E-state index contributed by atoms with van der Waals surface area (Å²) in [5.41, 5.74) is -0.531. The highest BCUT2D eigenvalue weighted by atomic mass is 16.3. The lowest BCUT2D eigenvalue weighted by Gasteiger charge is -2.31. The van der Waals surface area contributed by atoms with Crippen molar-refractivity contribution in [3.8, 4) is 0 Å². The molecule has 0 aliphatic heterocycles. The molecule has 0 bridgehead atoms. The Kier molecular flexibility index (Phi) is 3.59. The second-order valence-electron chi connectivity index (χ2n) is 4.86. The fourth-order valence-electron chi connectivity index (χ4n) is 2.50. The minimum atomic E-state index is -0.531. The minimum Gasteiger partial charge on any atom is -0.389 e. The Morgan fingerprint density at radius 1 is 1.38 bits per heavy atom. The second kappa shape index (κ2) is 4.95. The van der Waals surface area contributed by atoms with Gasteiger partial charge in [-0.05, 0) is 19.3 Å². The van der Waals surface area contributed by atoms with Crippen molar-refractivity contribution in [3.05, 3.63) is 12.2 Å². The molecule has 0 radical (unpaired) electrons. The van der Waals surface area contributed by atoms with Gasteiger partial charge in [-0.3, -0.25) is 4.68 Å². The summed E-state index contributed by atoms with van der Waals surface area (Å²) >= 11 is 0. The molecule has 4 heteroatoms. The number of aromatic nitrogens is 3. The molecule has 0 amide bonds. The van der Waals surface area contributed by atoms with Crippen molar-refractivity contribution < 1.29 is 5.11 Å². The average Bonchev–Trinajstić information content (AvgIpc) is 2.67. The fourth-order valence-corrected chi connectivity index (χ4v) is 2.50. The van der Waals surface area contributed by atoms with Crippen LogP contribution in [0.25, 0.3) is 0 Å². The maximum absolute atomic E-state index is 10.5. The van der Waals surface area contributed by atoms with Crippen molar-refractivity contribution in [3.63, 3.8) is 0 Å². The van der Waals surface area contributed by atoms with E-state index in [2.05, 4.69) is 17.0 Å². The van der Waals surface area contributed by atoms with Gasteiger partial charge in [0, 0.05) is 13.0 Å². The zero-order valence-corrected chi connectivity index (χ0v) is 10.0. The first-order chi connectivity index (χ1) is 7.73. The van der Waals surface area contributed by atoms with Crippen LogP contribution < -0.4 is 0 Å². The van der Waals surface area contributed by atoms with Gasteiger partial charge < -0.3 is 5.11 Å². The molecule has 1 aromatic heterocycles. The second-order valence-corrected chi connectivity index (χ2v) is 4.86. The number of aryl methyl sites for hydroxylation is 1. The summed E-state index contributed by atoms with van der Waals surface area (Å²) in [4.78, 5) is 4.27. The molecule has 1 saturated carbocycles. The van der Waals surface area contributed by atoms with Crippen LogP contribution in [-0.2, 0) is 13.0 Å². The number of aliphatic hydroxyl groups is 1. The van der Waals surface area contributed by atoms with Crippen LogP contribution in [0.4, 0.5) is 0 Å². The molecule has 0 atom stereocenters. The van der Waals surface area contributed by atoms with Crippen molar-refractivity contribution in [2.24, 2.45) is 0 Å². The Labute approximate surface area is 96.7 Å². The van der Waals surface area contributed by atoms with Gasteiger partial charge in [0.15, 0.2) is 0 Å². The summed E-state index contributed by atoms with van der Waals surface area (Å²) < 4.78 is 1.92. The molecule has 4 nitrogen and oxygen atoms in total. The molecule has 1 N–H and O–H groups in total. The molecular formula is C12H21N3O. The van der Waals surface area contributed by atoms with Crippen LogP contribution in [0.3, 0.4) is 0 Å². The lowest BCUT2D eigenvalue weighted by molar-refractivity contribution is 0.00187. The number of rotatable bonds is 4. The predicted octanol–water partition coefficient (Wildman–Crippen LogP) is 1.93. The smallest absolute Gasteiger partial charge is 0.138 e. The Balaban J connectivity index is 2.04. The van der Waals surface area contributed by atoms with E-state index in [0.29, 0.717) is 6.42 Å². The molecule has 1 aliphatic rings. The molecule has 2 rings (SSSR count). The summed E-state index contributed by atoms with van der Waals surface area (Å²) in [6.07, 6.45) is 8.65. The SMILES string of the molecule is CCCn1ncnc1CC1(O)CCCCC1. The zero-order valence-electron chi connectivity index (χ0n) is 10.0. The van der Waals surface area contributed by atoms with Gasteiger partial charge in [-0.15, -0.1) is 0 Å². The van der Waals surface area contributed by atoms with Crippen LogP contribution in [0, 0.1) is 0 Å². The topological polar surface area (TPSA) is 50.9 Å². The summed E-state index contributed by atoms with van der Waals surface area (Å²) in [6, 6.07) is 0.